The number of aromatic hydroxyl groups is 1. The van der Waals surface area contributed by atoms with E-state index in [1.807, 2.05) is 27.7 Å². The fourth-order valence-electron chi connectivity index (χ4n) is 6.59. The lowest BCUT2D eigenvalue weighted by atomic mass is 9.52. The third-order valence-corrected chi connectivity index (χ3v) is 8.41. The third kappa shape index (κ3) is 4.82. The fraction of sp³-hybridized carbons (Fsp3) is 0.586. The first-order chi connectivity index (χ1) is 18.9. The molecule has 1 aromatic rings. The number of nitrogens with one attached hydrogen (secondary N) is 1. The van der Waals surface area contributed by atoms with Crippen LogP contribution in [-0.2, 0) is 36.8 Å². The van der Waals surface area contributed by atoms with Crippen LogP contribution in [-0.4, -0.2) is 82.6 Å². The number of carbonyl (C=O) groups is 6. The van der Waals surface area contributed by atoms with Gasteiger partial charge in [0, 0.05) is 5.92 Å². The maximum atomic E-state index is 14.0. The smallest absolute Gasteiger partial charge is 0.411 e. The first-order valence-corrected chi connectivity index (χ1v) is 13.6. The number of aliphatic hydroxyl groups is 1. The van der Waals surface area contributed by atoms with E-state index in [9.17, 15) is 39.0 Å². The van der Waals surface area contributed by atoms with Crippen molar-refractivity contribution in [3.8, 4) is 5.75 Å². The van der Waals surface area contributed by atoms with Gasteiger partial charge in [-0.2, -0.15) is 0 Å². The first-order valence-electron chi connectivity index (χ1n) is 13.6. The number of fused-ring (bicyclic) bond motifs is 3. The SMILES string of the molecule is CCc1cc(NC(=O)OCC(C)(C)C)c(O)c2c1CC1CC3C(N(C)C)C(=O)C(C(N)=O)C(=O)C3(O)C(=O)C1C2=O. The number of phenols is 1. The van der Waals surface area contributed by atoms with Gasteiger partial charge in [-0.05, 0) is 61.9 Å². The third-order valence-electron chi connectivity index (χ3n) is 8.41. The monoisotopic (exact) mass is 571 g/mol. The molecule has 6 atom stereocenters. The number of ether oxygens (including phenoxy) is 1. The van der Waals surface area contributed by atoms with E-state index in [0.29, 0.717) is 17.5 Å². The fourth-order valence-corrected chi connectivity index (χ4v) is 6.59. The molecule has 1 aromatic carbocycles. The predicted molar refractivity (Wildman–Crippen MR) is 145 cm³/mol. The Kier molecular flexibility index (Phi) is 7.63. The van der Waals surface area contributed by atoms with Crippen LogP contribution in [0, 0.1) is 29.1 Å². The lowest BCUT2D eigenvalue weighted by molar-refractivity contribution is -0.181. The number of nitrogens with zero attached hydrogens (tertiary/aromatic N) is 1. The quantitative estimate of drug-likeness (QED) is 0.293. The molecule has 0 aromatic heterocycles. The highest BCUT2D eigenvalue weighted by Crippen LogP contribution is 2.51. The number of Topliss-reactive ketones (excluding diaryl/α,β-unsaturated/α-hetero) is 4. The number of rotatable bonds is 5. The molecule has 12 nitrogen and oxygen atoms in total. The zero-order chi connectivity index (χ0) is 30.8. The van der Waals surface area contributed by atoms with Crippen molar-refractivity contribution in [3.63, 3.8) is 0 Å². The Hall–Kier alpha value is -3.64. The molecule has 41 heavy (non-hydrogen) atoms. The number of likely N-dealkylation sites (N-methyl/N-ethyl adjacent to an activating group) is 1. The molecule has 12 heteroatoms. The van der Waals surface area contributed by atoms with Crippen LogP contribution in [0.4, 0.5) is 10.5 Å². The van der Waals surface area contributed by atoms with E-state index in [1.165, 1.54) is 19.0 Å². The van der Waals surface area contributed by atoms with Crippen molar-refractivity contribution in [2.45, 2.75) is 58.6 Å². The van der Waals surface area contributed by atoms with Crippen LogP contribution in [0.2, 0.25) is 0 Å². The second-order valence-electron chi connectivity index (χ2n) is 12.7. The Balaban J connectivity index is 1.78. The van der Waals surface area contributed by atoms with E-state index in [2.05, 4.69) is 5.32 Å². The Bertz CT molecular complexity index is 1360. The maximum absolute atomic E-state index is 14.0. The highest BCUT2D eigenvalue weighted by molar-refractivity contribution is 6.32. The second kappa shape index (κ2) is 10.3. The van der Waals surface area contributed by atoms with Gasteiger partial charge in [-0.15, -0.1) is 0 Å². The number of hydrogen-bond donors (Lipinski definition) is 4. The standard InChI is InChI=1S/C29H37N3O9/c1-7-12-10-16(31-27(39)41-11-28(2,3)4)21(33)18-14(12)8-13-9-15-20(32(5)6)23(35)19(26(30)38)25(37)29(15,40)24(36)17(13)22(18)34/h10,13,15,17,19-20,33,40H,7-9,11H2,1-6H3,(H2,30,38)(H,31,39). The van der Waals surface area contributed by atoms with Gasteiger partial charge >= 0.3 is 6.09 Å². The summed E-state index contributed by atoms with van der Waals surface area (Å²) in [6, 6.07) is 0.385. The molecule has 0 bridgehead atoms. The summed E-state index contributed by atoms with van der Waals surface area (Å²) in [4.78, 5) is 80.5. The van der Waals surface area contributed by atoms with Gasteiger partial charge in [-0.3, -0.25) is 34.2 Å². The maximum Gasteiger partial charge on any atom is 0.411 e. The van der Waals surface area contributed by atoms with Gasteiger partial charge in [0.15, 0.2) is 34.7 Å². The topological polar surface area (TPSA) is 193 Å². The van der Waals surface area contributed by atoms with Crippen LogP contribution >= 0.6 is 0 Å². The van der Waals surface area contributed by atoms with E-state index in [4.69, 9.17) is 10.5 Å². The molecule has 0 radical (unpaired) electrons. The van der Waals surface area contributed by atoms with Crippen molar-refractivity contribution in [1.29, 1.82) is 0 Å². The number of phenolic OH excluding ortho intramolecular Hbond substituents is 1. The lowest BCUT2D eigenvalue weighted by Gasteiger charge is -2.52. The zero-order valence-electron chi connectivity index (χ0n) is 24.1. The molecule has 5 N–H and O–H groups in total. The number of amides is 2. The number of aryl methyl sites for hydroxylation is 1. The van der Waals surface area contributed by atoms with Crippen molar-refractivity contribution < 1.29 is 43.7 Å². The van der Waals surface area contributed by atoms with Gasteiger partial charge in [0.25, 0.3) is 0 Å². The van der Waals surface area contributed by atoms with E-state index < -0.39 is 76.2 Å². The number of benzene rings is 1. The Labute approximate surface area is 237 Å². The highest BCUT2D eigenvalue weighted by atomic mass is 16.5. The summed E-state index contributed by atoms with van der Waals surface area (Å²) in [6.45, 7) is 7.55. The summed E-state index contributed by atoms with van der Waals surface area (Å²) in [5.41, 5.74) is 3.12. The average molecular weight is 572 g/mol. The van der Waals surface area contributed by atoms with Gasteiger partial charge in [0.1, 0.15) is 5.75 Å². The van der Waals surface area contributed by atoms with Crippen LogP contribution in [0.15, 0.2) is 6.07 Å². The molecule has 2 fully saturated rings. The minimum absolute atomic E-state index is 0.0348. The molecule has 3 aliphatic rings. The molecule has 6 unspecified atom stereocenters. The summed E-state index contributed by atoms with van der Waals surface area (Å²) in [7, 11) is 3.06. The molecule has 2 amide bonds. The molecule has 0 saturated heterocycles. The number of primary amides is 1. The van der Waals surface area contributed by atoms with Crippen LogP contribution in [0.3, 0.4) is 0 Å². The molecule has 222 valence electrons. The Morgan fingerprint density at radius 3 is 2.34 bits per heavy atom. The highest BCUT2D eigenvalue weighted by Gasteiger charge is 2.69. The molecule has 3 aliphatic carbocycles. The molecule has 0 heterocycles. The minimum atomic E-state index is -2.80. The summed E-state index contributed by atoms with van der Waals surface area (Å²) >= 11 is 0. The minimum Gasteiger partial charge on any atom is -0.505 e. The van der Waals surface area contributed by atoms with E-state index in [1.54, 1.807) is 6.07 Å². The molecule has 4 rings (SSSR count). The predicted octanol–water partition coefficient (Wildman–Crippen LogP) is 1.02. The first kappa shape index (κ1) is 30.3. The summed E-state index contributed by atoms with van der Waals surface area (Å²) in [5, 5.41) is 25.3. The van der Waals surface area contributed by atoms with Crippen molar-refractivity contribution in [1.82, 2.24) is 4.90 Å². The molecular weight excluding hydrogens is 534 g/mol. The van der Waals surface area contributed by atoms with Crippen LogP contribution < -0.4 is 11.1 Å². The van der Waals surface area contributed by atoms with Crippen LogP contribution in [0.25, 0.3) is 0 Å². The Morgan fingerprint density at radius 2 is 1.80 bits per heavy atom. The zero-order valence-corrected chi connectivity index (χ0v) is 24.1. The number of hydrogen-bond acceptors (Lipinski definition) is 10. The van der Waals surface area contributed by atoms with Gasteiger partial charge < -0.3 is 20.7 Å². The van der Waals surface area contributed by atoms with Gasteiger partial charge in [-0.1, -0.05) is 27.7 Å². The summed E-state index contributed by atoms with van der Waals surface area (Å²) in [5.74, 6) is -11.3. The van der Waals surface area contributed by atoms with Gasteiger partial charge in [0.05, 0.1) is 29.8 Å². The van der Waals surface area contributed by atoms with E-state index in [0.717, 1.165) is 0 Å². The second-order valence-corrected chi connectivity index (χ2v) is 12.7. The molecule has 0 spiro atoms. The van der Waals surface area contributed by atoms with Crippen LogP contribution in [0.1, 0.15) is 55.6 Å². The number of nitrogens with two attached hydrogens (primary N) is 1. The molecule has 2 saturated carbocycles. The Morgan fingerprint density at radius 1 is 1.17 bits per heavy atom. The summed E-state index contributed by atoms with van der Waals surface area (Å²) in [6.07, 6.45) is -0.295. The summed E-state index contributed by atoms with van der Waals surface area (Å²) < 4.78 is 5.22. The number of carbonyl (C=O) groups excluding carboxylic acids is 6. The van der Waals surface area contributed by atoms with Crippen LogP contribution in [0.5, 0.6) is 5.75 Å². The largest absolute Gasteiger partial charge is 0.505 e. The van der Waals surface area contributed by atoms with Crippen molar-refractivity contribution in [3.05, 3.63) is 22.8 Å². The van der Waals surface area contributed by atoms with Gasteiger partial charge in [0.2, 0.25) is 5.91 Å². The van der Waals surface area contributed by atoms with Crippen molar-refractivity contribution in [2.75, 3.05) is 26.0 Å². The van der Waals surface area contributed by atoms with E-state index in [-0.39, 0.29) is 36.1 Å². The number of ketones is 4. The molecule has 0 aliphatic heterocycles. The van der Waals surface area contributed by atoms with Crippen molar-refractivity contribution in [2.24, 2.45) is 34.8 Å². The number of anilines is 1. The normalized spacial score (nSPS) is 29.5. The van der Waals surface area contributed by atoms with Crippen molar-refractivity contribution >= 4 is 40.8 Å². The van der Waals surface area contributed by atoms with Gasteiger partial charge in [-0.25, -0.2) is 4.79 Å². The average Bonchev–Trinajstić information content (AvgIpc) is 2.85. The molecular formula is C29H37N3O9. The lowest BCUT2D eigenvalue weighted by Crippen LogP contribution is -2.74. The van der Waals surface area contributed by atoms with E-state index >= 15 is 0 Å².